The Hall–Kier alpha value is -3.22. The zero-order valence-electron chi connectivity index (χ0n) is 19.6. The fourth-order valence-electron chi connectivity index (χ4n) is 4.17. The second-order valence-electron chi connectivity index (χ2n) is 8.09. The average molecular weight is 440 g/mol. The number of nitrogens with one attached hydrogen (secondary N) is 1. The molecule has 7 nitrogen and oxygen atoms in total. The van der Waals surface area contributed by atoms with Crippen molar-refractivity contribution in [2.75, 3.05) is 39.2 Å². The molecule has 0 aromatic heterocycles. The Kier molecular flexibility index (Phi) is 7.62. The quantitative estimate of drug-likeness (QED) is 0.694. The molecule has 1 heterocycles. The van der Waals surface area contributed by atoms with Crippen LogP contribution in [-0.2, 0) is 11.2 Å². The first-order valence-corrected chi connectivity index (χ1v) is 11.0. The molecule has 0 aliphatic carbocycles. The number of ether oxygens (including phenoxy) is 2. The Labute approximate surface area is 190 Å². The third-order valence-corrected chi connectivity index (χ3v) is 6.00. The predicted molar refractivity (Wildman–Crippen MR) is 125 cm³/mol. The molecule has 0 saturated heterocycles. The van der Waals surface area contributed by atoms with E-state index < -0.39 is 0 Å². The van der Waals surface area contributed by atoms with Gasteiger partial charge in [0.25, 0.3) is 0 Å². The summed E-state index contributed by atoms with van der Waals surface area (Å²) in [6.07, 6.45) is 1.50. The Morgan fingerprint density at radius 2 is 1.84 bits per heavy atom. The molecule has 2 aromatic carbocycles. The molecule has 1 aliphatic heterocycles. The Bertz CT molecular complexity index is 976. The molecule has 1 unspecified atom stereocenters. The summed E-state index contributed by atoms with van der Waals surface area (Å²) in [5, 5.41) is 2.94. The van der Waals surface area contributed by atoms with Gasteiger partial charge in [0, 0.05) is 18.8 Å². The minimum atomic E-state index is -0.258. The van der Waals surface area contributed by atoms with E-state index in [4.69, 9.17) is 9.47 Å². The van der Waals surface area contributed by atoms with Gasteiger partial charge in [0.1, 0.15) is 6.54 Å². The van der Waals surface area contributed by atoms with Gasteiger partial charge in [-0.2, -0.15) is 0 Å². The minimum Gasteiger partial charge on any atom is -0.493 e. The lowest BCUT2D eigenvalue weighted by atomic mass is 9.92. The van der Waals surface area contributed by atoms with Gasteiger partial charge >= 0.3 is 6.03 Å². The highest BCUT2D eigenvalue weighted by atomic mass is 16.5. The fraction of sp³-hybridized carbons (Fsp3) is 0.440. The van der Waals surface area contributed by atoms with Crippen molar-refractivity contribution in [3.05, 3.63) is 53.1 Å². The van der Waals surface area contributed by atoms with Crippen molar-refractivity contribution >= 4 is 17.6 Å². The molecule has 172 valence electrons. The molecule has 1 N–H and O–H groups in total. The number of hydrogen-bond donors (Lipinski definition) is 1. The molecule has 0 spiro atoms. The van der Waals surface area contributed by atoms with Crippen LogP contribution in [0, 0.1) is 6.92 Å². The zero-order valence-corrected chi connectivity index (χ0v) is 19.6. The van der Waals surface area contributed by atoms with E-state index in [-0.39, 0.29) is 24.5 Å². The van der Waals surface area contributed by atoms with Gasteiger partial charge in [-0.3, -0.25) is 4.79 Å². The normalized spacial score (nSPS) is 15.0. The maximum Gasteiger partial charge on any atom is 0.322 e. The Balaban J connectivity index is 1.74. The van der Waals surface area contributed by atoms with Gasteiger partial charge in [0.15, 0.2) is 11.5 Å². The van der Waals surface area contributed by atoms with Crippen molar-refractivity contribution in [3.8, 4) is 11.5 Å². The lowest BCUT2D eigenvalue weighted by Crippen LogP contribution is -2.47. The lowest BCUT2D eigenvalue weighted by Gasteiger charge is -2.37. The summed E-state index contributed by atoms with van der Waals surface area (Å²) in [4.78, 5) is 29.6. The van der Waals surface area contributed by atoms with Gasteiger partial charge in [-0.25, -0.2) is 4.79 Å². The van der Waals surface area contributed by atoms with Crippen LogP contribution in [0.4, 0.5) is 10.5 Å². The molecule has 0 fully saturated rings. The van der Waals surface area contributed by atoms with Gasteiger partial charge in [0.05, 0.1) is 20.3 Å². The fourth-order valence-corrected chi connectivity index (χ4v) is 4.17. The van der Waals surface area contributed by atoms with Crippen molar-refractivity contribution in [2.24, 2.45) is 0 Å². The number of urea groups is 1. The monoisotopic (exact) mass is 439 g/mol. The first-order valence-electron chi connectivity index (χ1n) is 11.0. The SMILES string of the molecule is CCCN(CC(=O)N1CCc2cc(OC)c(OC)cc2C1C)C(=O)Nc1ccccc1C. The van der Waals surface area contributed by atoms with Gasteiger partial charge in [0.2, 0.25) is 5.91 Å². The number of nitrogens with zero attached hydrogens (tertiary/aromatic N) is 2. The molecule has 3 amide bonds. The van der Waals surface area contributed by atoms with Crippen LogP contribution in [0.15, 0.2) is 36.4 Å². The molecule has 3 rings (SSSR count). The second kappa shape index (κ2) is 10.4. The maximum atomic E-state index is 13.3. The van der Waals surface area contributed by atoms with Crippen molar-refractivity contribution in [1.29, 1.82) is 0 Å². The highest BCUT2D eigenvalue weighted by molar-refractivity contribution is 5.93. The van der Waals surface area contributed by atoms with Crippen molar-refractivity contribution in [2.45, 2.75) is 39.7 Å². The standard InChI is InChI=1S/C25H33N3O4/c1-6-12-27(25(30)26-21-10-8-7-9-17(21)2)16-24(29)28-13-11-19-14-22(31-4)23(32-5)15-20(19)18(28)3/h7-10,14-15,18H,6,11-13,16H2,1-5H3,(H,26,30). The van der Waals surface area contributed by atoms with Gasteiger partial charge < -0.3 is 24.6 Å². The molecule has 32 heavy (non-hydrogen) atoms. The van der Waals surface area contributed by atoms with Crippen LogP contribution in [0.3, 0.4) is 0 Å². The number of hydrogen-bond acceptors (Lipinski definition) is 4. The third-order valence-electron chi connectivity index (χ3n) is 6.00. The van der Waals surface area contributed by atoms with Crippen LogP contribution in [0.1, 0.15) is 43.0 Å². The summed E-state index contributed by atoms with van der Waals surface area (Å²) < 4.78 is 10.9. The van der Waals surface area contributed by atoms with Crippen LogP contribution in [0.25, 0.3) is 0 Å². The van der Waals surface area contributed by atoms with E-state index in [1.165, 1.54) is 0 Å². The number of carbonyl (C=O) groups is 2. The van der Waals surface area contributed by atoms with E-state index in [9.17, 15) is 9.59 Å². The molecule has 7 heteroatoms. The molecule has 0 radical (unpaired) electrons. The van der Waals surface area contributed by atoms with Crippen molar-refractivity contribution < 1.29 is 19.1 Å². The van der Waals surface area contributed by atoms with Gasteiger partial charge in [-0.05, 0) is 61.6 Å². The van der Waals surface area contributed by atoms with Crippen molar-refractivity contribution in [1.82, 2.24) is 9.80 Å². The first kappa shape index (κ1) is 23.4. The highest BCUT2D eigenvalue weighted by Crippen LogP contribution is 2.37. The summed E-state index contributed by atoms with van der Waals surface area (Å²) in [5.41, 5.74) is 3.94. The molecular weight excluding hydrogens is 406 g/mol. The summed E-state index contributed by atoms with van der Waals surface area (Å²) in [6.45, 7) is 7.10. The Morgan fingerprint density at radius 1 is 1.16 bits per heavy atom. The van der Waals surface area contributed by atoms with Crippen LogP contribution >= 0.6 is 0 Å². The minimum absolute atomic E-state index is 0.0402. The number of para-hydroxylation sites is 1. The lowest BCUT2D eigenvalue weighted by molar-refractivity contribution is -0.134. The molecule has 0 saturated carbocycles. The van der Waals surface area contributed by atoms with Crippen LogP contribution < -0.4 is 14.8 Å². The largest absolute Gasteiger partial charge is 0.493 e. The third kappa shape index (κ3) is 4.98. The second-order valence-corrected chi connectivity index (χ2v) is 8.09. The smallest absolute Gasteiger partial charge is 0.322 e. The number of amides is 3. The predicted octanol–water partition coefficient (Wildman–Crippen LogP) is 4.40. The molecule has 1 atom stereocenters. The summed E-state index contributed by atoms with van der Waals surface area (Å²) in [7, 11) is 3.23. The number of benzene rings is 2. The summed E-state index contributed by atoms with van der Waals surface area (Å²) >= 11 is 0. The molecular formula is C25H33N3O4. The van der Waals surface area contributed by atoms with Crippen molar-refractivity contribution in [3.63, 3.8) is 0 Å². The zero-order chi connectivity index (χ0) is 23.3. The van der Waals surface area contributed by atoms with Crippen LogP contribution in [0.2, 0.25) is 0 Å². The average Bonchev–Trinajstić information content (AvgIpc) is 2.79. The molecule has 1 aliphatic rings. The topological polar surface area (TPSA) is 71.1 Å². The van der Waals surface area contributed by atoms with E-state index in [0.29, 0.717) is 24.6 Å². The number of aryl methyl sites for hydroxylation is 1. The highest BCUT2D eigenvalue weighted by Gasteiger charge is 2.30. The van der Waals surface area contributed by atoms with E-state index in [1.807, 2.05) is 62.1 Å². The number of methoxy groups -OCH3 is 2. The summed E-state index contributed by atoms with van der Waals surface area (Å²) in [5.74, 6) is 1.28. The van der Waals surface area contributed by atoms with Crippen LogP contribution in [-0.4, -0.2) is 55.6 Å². The van der Waals surface area contributed by atoms with Gasteiger partial charge in [-0.1, -0.05) is 25.1 Å². The summed E-state index contributed by atoms with van der Waals surface area (Å²) in [6, 6.07) is 11.2. The Morgan fingerprint density at radius 3 is 2.50 bits per heavy atom. The molecule has 2 aromatic rings. The maximum absolute atomic E-state index is 13.3. The number of fused-ring (bicyclic) bond motifs is 1. The van der Waals surface area contributed by atoms with E-state index >= 15 is 0 Å². The van der Waals surface area contributed by atoms with E-state index in [0.717, 1.165) is 35.2 Å². The van der Waals surface area contributed by atoms with E-state index in [2.05, 4.69) is 5.32 Å². The van der Waals surface area contributed by atoms with Crippen LogP contribution in [0.5, 0.6) is 11.5 Å². The number of rotatable bonds is 7. The van der Waals surface area contributed by atoms with E-state index in [1.54, 1.807) is 19.1 Å². The van der Waals surface area contributed by atoms with Gasteiger partial charge in [-0.15, -0.1) is 0 Å². The number of anilines is 1. The first-order chi connectivity index (χ1) is 15.4. The number of carbonyl (C=O) groups excluding carboxylic acids is 2. The molecule has 0 bridgehead atoms.